The number of methoxy groups -OCH3 is 2. The summed E-state index contributed by atoms with van der Waals surface area (Å²) in [6, 6.07) is 6.34. The van der Waals surface area contributed by atoms with Crippen molar-refractivity contribution < 1.29 is 9.47 Å². The summed E-state index contributed by atoms with van der Waals surface area (Å²) in [6.45, 7) is 5.92. The SMILES string of the molecule is CCCN1CCC(c2ccc(OC)c(OC)c2)CC1. The van der Waals surface area contributed by atoms with E-state index in [1.807, 2.05) is 6.07 Å². The Morgan fingerprint density at radius 3 is 2.37 bits per heavy atom. The van der Waals surface area contributed by atoms with Gasteiger partial charge in [0, 0.05) is 0 Å². The van der Waals surface area contributed by atoms with Crippen LogP contribution in [0.5, 0.6) is 11.5 Å². The highest BCUT2D eigenvalue weighted by atomic mass is 16.5. The minimum Gasteiger partial charge on any atom is -0.493 e. The first-order chi connectivity index (χ1) is 9.28. The molecule has 1 saturated heterocycles. The summed E-state index contributed by atoms with van der Waals surface area (Å²) in [6.07, 6.45) is 3.74. The zero-order chi connectivity index (χ0) is 13.7. The lowest BCUT2D eigenvalue weighted by Gasteiger charge is -2.32. The quantitative estimate of drug-likeness (QED) is 0.813. The van der Waals surface area contributed by atoms with Crippen LogP contribution in [0.1, 0.15) is 37.7 Å². The van der Waals surface area contributed by atoms with E-state index in [2.05, 4.69) is 24.0 Å². The summed E-state index contributed by atoms with van der Waals surface area (Å²) in [5.74, 6) is 2.32. The van der Waals surface area contributed by atoms with Crippen LogP contribution in [0.2, 0.25) is 0 Å². The molecular formula is C16H25NO2. The van der Waals surface area contributed by atoms with Crippen molar-refractivity contribution in [2.75, 3.05) is 33.9 Å². The van der Waals surface area contributed by atoms with Crippen LogP contribution in [0.15, 0.2) is 18.2 Å². The fourth-order valence-corrected chi connectivity index (χ4v) is 2.91. The molecule has 0 atom stereocenters. The predicted molar refractivity (Wildman–Crippen MR) is 78.3 cm³/mol. The Balaban J connectivity index is 2.03. The molecular weight excluding hydrogens is 238 g/mol. The summed E-state index contributed by atoms with van der Waals surface area (Å²) in [5.41, 5.74) is 1.38. The highest BCUT2D eigenvalue weighted by Gasteiger charge is 2.21. The number of piperidine rings is 1. The van der Waals surface area contributed by atoms with Gasteiger partial charge in [0.05, 0.1) is 14.2 Å². The van der Waals surface area contributed by atoms with Gasteiger partial charge in [-0.25, -0.2) is 0 Å². The van der Waals surface area contributed by atoms with Crippen molar-refractivity contribution >= 4 is 0 Å². The average Bonchev–Trinajstić information content (AvgIpc) is 2.47. The zero-order valence-corrected chi connectivity index (χ0v) is 12.3. The van der Waals surface area contributed by atoms with Gasteiger partial charge in [-0.3, -0.25) is 0 Å². The molecule has 2 rings (SSSR count). The highest BCUT2D eigenvalue weighted by molar-refractivity contribution is 5.44. The third kappa shape index (κ3) is 3.41. The predicted octanol–water partition coefficient (Wildman–Crippen LogP) is 3.29. The first kappa shape index (κ1) is 14.2. The Kier molecular flexibility index (Phi) is 5.08. The molecule has 3 nitrogen and oxygen atoms in total. The molecule has 1 aromatic rings. The van der Waals surface area contributed by atoms with Crippen molar-refractivity contribution in [3.8, 4) is 11.5 Å². The Morgan fingerprint density at radius 1 is 1.11 bits per heavy atom. The van der Waals surface area contributed by atoms with Crippen LogP contribution in [0.25, 0.3) is 0 Å². The lowest BCUT2D eigenvalue weighted by atomic mass is 9.89. The Hall–Kier alpha value is -1.22. The number of hydrogen-bond acceptors (Lipinski definition) is 3. The summed E-state index contributed by atoms with van der Waals surface area (Å²) in [7, 11) is 3.38. The van der Waals surface area contributed by atoms with E-state index in [-0.39, 0.29) is 0 Å². The van der Waals surface area contributed by atoms with E-state index >= 15 is 0 Å². The first-order valence-corrected chi connectivity index (χ1v) is 7.22. The Morgan fingerprint density at radius 2 is 1.79 bits per heavy atom. The summed E-state index contributed by atoms with van der Waals surface area (Å²) in [5, 5.41) is 0. The van der Waals surface area contributed by atoms with Gasteiger partial charge in [0.25, 0.3) is 0 Å². The molecule has 1 fully saturated rings. The fourth-order valence-electron chi connectivity index (χ4n) is 2.91. The minimum absolute atomic E-state index is 0.660. The zero-order valence-electron chi connectivity index (χ0n) is 12.3. The van der Waals surface area contributed by atoms with Crippen LogP contribution < -0.4 is 9.47 Å². The van der Waals surface area contributed by atoms with Gasteiger partial charge in [-0.2, -0.15) is 0 Å². The number of hydrogen-bond donors (Lipinski definition) is 0. The maximum atomic E-state index is 5.39. The summed E-state index contributed by atoms with van der Waals surface area (Å²) >= 11 is 0. The van der Waals surface area contributed by atoms with E-state index < -0.39 is 0 Å². The maximum absolute atomic E-state index is 5.39. The molecule has 0 saturated carbocycles. The molecule has 1 aliphatic rings. The molecule has 0 radical (unpaired) electrons. The van der Waals surface area contributed by atoms with Crippen LogP contribution in [0.3, 0.4) is 0 Å². The topological polar surface area (TPSA) is 21.7 Å². The molecule has 19 heavy (non-hydrogen) atoms. The van der Waals surface area contributed by atoms with E-state index in [1.54, 1.807) is 14.2 Å². The lowest BCUT2D eigenvalue weighted by Crippen LogP contribution is -2.33. The number of rotatable bonds is 5. The van der Waals surface area contributed by atoms with Crippen molar-refractivity contribution in [2.45, 2.75) is 32.1 Å². The fraction of sp³-hybridized carbons (Fsp3) is 0.625. The molecule has 0 aromatic heterocycles. The second-order valence-electron chi connectivity index (χ2n) is 5.23. The van der Waals surface area contributed by atoms with Gasteiger partial charge in [0.2, 0.25) is 0 Å². The van der Waals surface area contributed by atoms with Gasteiger partial charge in [0.15, 0.2) is 11.5 Å². The molecule has 3 heteroatoms. The molecule has 1 aromatic carbocycles. The molecule has 1 heterocycles. The monoisotopic (exact) mass is 263 g/mol. The van der Waals surface area contributed by atoms with E-state index in [0.29, 0.717) is 5.92 Å². The number of likely N-dealkylation sites (tertiary alicyclic amines) is 1. The second kappa shape index (κ2) is 6.80. The first-order valence-electron chi connectivity index (χ1n) is 7.22. The van der Waals surface area contributed by atoms with Gasteiger partial charge in [-0.15, -0.1) is 0 Å². The molecule has 0 amide bonds. The highest BCUT2D eigenvalue weighted by Crippen LogP contribution is 2.34. The molecule has 106 valence electrons. The van der Waals surface area contributed by atoms with Gasteiger partial charge < -0.3 is 14.4 Å². The average molecular weight is 263 g/mol. The molecule has 0 spiro atoms. The number of benzene rings is 1. The van der Waals surface area contributed by atoms with E-state index in [0.717, 1.165) is 11.5 Å². The minimum atomic E-state index is 0.660. The normalized spacial score (nSPS) is 17.4. The number of ether oxygens (including phenoxy) is 2. The molecule has 1 aliphatic heterocycles. The standard InChI is InChI=1S/C16H25NO2/c1-4-9-17-10-7-13(8-11-17)14-5-6-15(18-2)16(12-14)19-3/h5-6,12-13H,4,7-11H2,1-3H3. The van der Waals surface area contributed by atoms with Crippen molar-refractivity contribution in [3.05, 3.63) is 23.8 Å². The van der Waals surface area contributed by atoms with Crippen molar-refractivity contribution in [1.29, 1.82) is 0 Å². The third-order valence-corrected chi connectivity index (χ3v) is 4.01. The van der Waals surface area contributed by atoms with Crippen LogP contribution >= 0.6 is 0 Å². The Labute approximate surface area is 116 Å². The van der Waals surface area contributed by atoms with Crippen molar-refractivity contribution in [2.24, 2.45) is 0 Å². The van der Waals surface area contributed by atoms with Crippen LogP contribution in [0.4, 0.5) is 0 Å². The molecule has 0 unspecified atom stereocenters. The van der Waals surface area contributed by atoms with Crippen molar-refractivity contribution in [1.82, 2.24) is 4.90 Å². The van der Waals surface area contributed by atoms with Crippen LogP contribution in [-0.4, -0.2) is 38.8 Å². The van der Waals surface area contributed by atoms with Gasteiger partial charge in [-0.05, 0) is 62.5 Å². The summed E-state index contributed by atoms with van der Waals surface area (Å²) in [4.78, 5) is 2.57. The van der Waals surface area contributed by atoms with Gasteiger partial charge >= 0.3 is 0 Å². The third-order valence-electron chi connectivity index (χ3n) is 4.01. The number of nitrogens with zero attached hydrogens (tertiary/aromatic N) is 1. The van der Waals surface area contributed by atoms with E-state index in [4.69, 9.17) is 9.47 Å². The van der Waals surface area contributed by atoms with Gasteiger partial charge in [0.1, 0.15) is 0 Å². The smallest absolute Gasteiger partial charge is 0.160 e. The summed E-state index contributed by atoms with van der Waals surface area (Å²) < 4.78 is 10.7. The molecule has 0 N–H and O–H groups in total. The Bertz CT molecular complexity index is 398. The largest absolute Gasteiger partial charge is 0.493 e. The van der Waals surface area contributed by atoms with E-state index in [9.17, 15) is 0 Å². The van der Waals surface area contributed by atoms with Crippen LogP contribution in [0, 0.1) is 0 Å². The van der Waals surface area contributed by atoms with Gasteiger partial charge in [-0.1, -0.05) is 13.0 Å². The molecule has 0 aliphatic carbocycles. The second-order valence-corrected chi connectivity index (χ2v) is 5.23. The van der Waals surface area contributed by atoms with Crippen LogP contribution in [-0.2, 0) is 0 Å². The van der Waals surface area contributed by atoms with Crippen molar-refractivity contribution in [3.63, 3.8) is 0 Å². The lowest BCUT2D eigenvalue weighted by molar-refractivity contribution is 0.212. The molecule has 0 bridgehead atoms. The maximum Gasteiger partial charge on any atom is 0.160 e. The van der Waals surface area contributed by atoms with E-state index in [1.165, 1.54) is 44.5 Å².